The van der Waals surface area contributed by atoms with Crippen molar-refractivity contribution in [2.24, 2.45) is 0 Å². The van der Waals surface area contributed by atoms with Crippen LogP contribution in [0, 0.1) is 0 Å². The molecule has 0 amide bonds. The summed E-state index contributed by atoms with van der Waals surface area (Å²) in [6, 6.07) is 0.461. The van der Waals surface area contributed by atoms with Gasteiger partial charge >= 0.3 is 0 Å². The lowest BCUT2D eigenvalue weighted by molar-refractivity contribution is 0.147. The highest BCUT2D eigenvalue weighted by atomic mass is 16.3. The SMILES string of the molecule is CN1[C@@H](CO)CCC12CC2. The lowest BCUT2D eigenvalue weighted by atomic mass is 10.2. The Hall–Kier alpha value is -0.0800. The zero-order valence-corrected chi connectivity index (χ0v) is 6.51. The van der Waals surface area contributed by atoms with E-state index in [4.69, 9.17) is 5.11 Å². The zero-order chi connectivity index (χ0) is 7.19. The number of hydrogen-bond acceptors (Lipinski definition) is 2. The van der Waals surface area contributed by atoms with Gasteiger partial charge in [0.05, 0.1) is 6.61 Å². The van der Waals surface area contributed by atoms with E-state index in [1.165, 1.54) is 25.7 Å². The highest BCUT2D eigenvalue weighted by Crippen LogP contribution is 2.50. The van der Waals surface area contributed by atoms with E-state index in [1.54, 1.807) is 0 Å². The molecule has 2 heteroatoms. The molecule has 2 rings (SSSR count). The van der Waals surface area contributed by atoms with E-state index in [0.29, 0.717) is 18.2 Å². The third kappa shape index (κ3) is 0.722. The van der Waals surface area contributed by atoms with Gasteiger partial charge in [0.25, 0.3) is 0 Å². The molecule has 1 atom stereocenters. The summed E-state index contributed by atoms with van der Waals surface area (Å²) in [6.45, 7) is 0.345. The minimum atomic E-state index is 0.345. The lowest BCUT2D eigenvalue weighted by Crippen LogP contribution is -2.35. The molecule has 0 aromatic heterocycles. The molecule has 0 aromatic rings. The Labute approximate surface area is 61.8 Å². The monoisotopic (exact) mass is 141 g/mol. The maximum absolute atomic E-state index is 8.95. The van der Waals surface area contributed by atoms with Crippen LogP contribution < -0.4 is 0 Å². The summed E-state index contributed by atoms with van der Waals surface area (Å²) in [5.41, 5.74) is 0.549. The molecular weight excluding hydrogens is 126 g/mol. The van der Waals surface area contributed by atoms with Gasteiger partial charge in [0.2, 0.25) is 0 Å². The summed E-state index contributed by atoms with van der Waals surface area (Å²) < 4.78 is 0. The summed E-state index contributed by atoms with van der Waals surface area (Å²) in [4.78, 5) is 2.38. The predicted molar refractivity (Wildman–Crippen MR) is 39.8 cm³/mol. The van der Waals surface area contributed by atoms with Gasteiger partial charge in [-0.25, -0.2) is 0 Å². The van der Waals surface area contributed by atoms with E-state index in [9.17, 15) is 0 Å². The quantitative estimate of drug-likeness (QED) is 0.578. The van der Waals surface area contributed by atoms with Crippen LogP contribution in [-0.4, -0.2) is 35.2 Å². The molecule has 0 bridgehead atoms. The molecule has 2 fully saturated rings. The molecule has 1 aliphatic carbocycles. The van der Waals surface area contributed by atoms with Gasteiger partial charge in [-0.2, -0.15) is 0 Å². The summed E-state index contributed by atoms with van der Waals surface area (Å²) in [6.07, 6.45) is 5.24. The van der Waals surface area contributed by atoms with E-state index in [1.807, 2.05) is 0 Å². The Bertz CT molecular complexity index is 142. The fourth-order valence-electron chi connectivity index (χ4n) is 2.15. The molecule has 10 heavy (non-hydrogen) atoms. The average molecular weight is 141 g/mol. The second-order valence-electron chi connectivity index (χ2n) is 3.71. The van der Waals surface area contributed by atoms with Crippen molar-refractivity contribution in [3.63, 3.8) is 0 Å². The van der Waals surface area contributed by atoms with Crippen molar-refractivity contribution in [1.82, 2.24) is 4.90 Å². The third-order valence-electron chi connectivity index (χ3n) is 3.28. The van der Waals surface area contributed by atoms with Crippen molar-refractivity contribution < 1.29 is 5.11 Å². The van der Waals surface area contributed by atoms with Crippen LogP contribution in [-0.2, 0) is 0 Å². The van der Waals surface area contributed by atoms with Crippen LogP contribution in [0.4, 0.5) is 0 Å². The van der Waals surface area contributed by atoms with Gasteiger partial charge in [0, 0.05) is 11.6 Å². The second-order valence-corrected chi connectivity index (χ2v) is 3.71. The largest absolute Gasteiger partial charge is 0.395 e. The molecule has 58 valence electrons. The number of aliphatic hydroxyl groups is 1. The van der Waals surface area contributed by atoms with Gasteiger partial charge in [-0.05, 0) is 32.7 Å². The minimum Gasteiger partial charge on any atom is -0.395 e. The molecule has 1 heterocycles. The maximum atomic E-state index is 8.95. The number of nitrogens with zero attached hydrogens (tertiary/aromatic N) is 1. The molecule has 1 N–H and O–H groups in total. The predicted octanol–water partition coefficient (Wildman–Crippen LogP) is 0.605. The Balaban J connectivity index is 2.05. The van der Waals surface area contributed by atoms with Gasteiger partial charge in [-0.15, -0.1) is 0 Å². The average Bonchev–Trinajstić information content (AvgIpc) is 2.63. The van der Waals surface area contributed by atoms with E-state index in [2.05, 4.69) is 11.9 Å². The van der Waals surface area contributed by atoms with Crippen LogP contribution in [0.25, 0.3) is 0 Å². The van der Waals surface area contributed by atoms with Crippen molar-refractivity contribution in [2.45, 2.75) is 37.3 Å². The molecule has 1 spiro atoms. The van der Waals surface area contributed by atoms with Crippen LogP contribution >= 0.6 is 0 Å². The third-order valence-corrected chi connectivity index (χ3v) is 3.28. The van der Waals surface area contributed by atoms with Gasteiger partial charge in [-0.1, -0.05) is 0 Å². The minimum absolute atomic E-state index is 0.345. The first kappa shape index (κ1) is 6.62. The summed E-state index contributed by atoms with van der Waals surface area (Å²) in [7, 11) is 2.15. The smallest absolute Gasteiger partial charge is 0.0586 e. The summed E-state index contributed by atoms with van der Waals surface area (Å²) in [5.74, 6) is 0. The van der Waals surface area contributed by atoms with Gasteiger partial charge in [-0.3, -0.25) is 4.90 Å². The highest BCUT2D eigenvalue weighted by molar-refractivity contribution is 5.08. The number of hydrogen-bond donors (Lipinski definition) is 1. The normalized spacial score (nSPS) is 37.2. The van der Waals surface area contributed by atoms with Crippen LogP contribution in [0.3, 0.4) is 0 Å². The summed E-state index contributed by atoms with van der Waals surface area (Å²) >= 11 is 0. The van der Waals surface area contributed by atoms with E-state index in [-0.39, 0.29) is 0 Å². The molecule has 2 aliphatic rings. The molecule has 0 radical (unpaired) electrons. The first-order valence-electron chi connectivity index (χ1n) is 4.12. The molecular formula is C8H15NO. The first-order chi connectivity index (χ1) is 4.78. The molecule has 0 aromatic carbocycles. The first-order valence-corrected chi connectivity index (χ1v) is 4.12. The van der Waals surface area contributed by atoms with Crippen molar-refractivity contribution in [1.29, 1.82) is 0 Å². The maximum Gasteiger partial charge on any atom is 0.0586 e. The second kappa shape index (κ2) is 1.95. The fourth-order valence-corrected chi connectivity index (χ4v) is 2.15. The Morgan fingerprint density at radius 3 is 2.50 bits per heavy atom. The molecule has 2 nitrogen and oxygen atoms in total. The zero-order valence-electron chi connectivity index (χ0n) is 6.51. The number of likely N-dealkylation sites (tertiary alicyclic amines) is 1. The fraction of sp³-hybridized carbons (Fsp3) is 1.00. The van der Waals surface area contributed by atoms with Crippen LogP contribution in [0.2, 0.25) is 0 Å². The lowest BCUT2D eigenvalue weighted by Gasteiger charge is -2.23. The van der Waals surface area contributed by atoms with Crippen molar-refractivity contribution in [2.75, 3.05) is 13.7 Å². The summed E-state index contributed by atoms with van der Waals surface area (Å²) in [5, 5.41) is 8.95. The van der Waals surface area contributed by atoms with Gasteiger partial charge < -0.3 is 5.11 Å². The Morgan fingerprint density at radius 1 is 1.50 bits per heavy atom. The molecule has 1 aliphatic heterocycles. The van der Waals surface area contributed by atoms with Crippen LogP contribution in [0.15, 0.2) is 0 Å². The Morgan fingerprint density at radius 2 is 2.20 bits per heavy atom. The van der Waals surface area contributed by atoms with Gasteiger partial charge in [0.15, 0.2) is 0 Å². The van der Waals surface area contributed by atoms with E-state index < -0.39 is 0 Å². The topological polar surface area (TPSA) is 23.5 Å². The van der Waals surface area contributed by atoms with Crippen LogP contribution in [0.5, 0.6) is 0 Å². The molecule has 1 saturated carbocycles. The van der Waals surface area contributed by atoms with Crippen LogP contribution in [0.1, 0.15) is 25.7 Å². The van der Waals surface area contributed by atoms with Crippen molar-refractivity contribution >= 4 is 0 Å². The number of rotatable bonds is 1. The van der Waals surface area contributed by atoms with E-state index in [0.717, 1.165) is 0 Å². The molecule has 0 unspecified atom stereocenters. The molecule has 1 saturated heterocycles. The highest BCUT2D eigenvalue weighted by Gasteiger charge is 2.52. The van der Waals surface area contributed by atoms with Crippen molar-refractivity contribution in [3.8, 4) is 0 Å². The number of likely N-dealkylation sites (N-methyl/N-ethyl adjacent to an activating group) is 1. The Kier molecular flexibility index (Phi) is 1.29. The number of aliphatic hydroxyl groups excluding tert-OH is 1. The van der Waals surface area contributed by atoms with E-state index >= 15 is 0 Å². The standard InChI is InChI=1S/C8H15NO/c1-9-7(6-10)2-3-8(9)4-5-8/h7,10H,2-6H2,1H3/t7-/m1/s1. The van der Waals surface area contributed by atoms with Gasteiger partial charge in [0.1, 0.15) is 0 Å². The van der Waals surface area contributed by atoms with Crippen molar-refractivity contribution in [3.05, 3.63) is 0 Å².